The lowest BCUT2D eigenvalue weighted by Gasteiger charge is -2.22. The van der Waals surface area contributed by atoms with Gasteiger partial charge in [0, 0.05) is 23.1 Å². The number of rotatable bonds is 3. The maximum atomic E-state index is 5.90. The highest BCUT2D eigenvalue weighted by Crippen LogP contribution is 2.39. The van der Waals surface area contributed by atoms with Crippen LogP contribution in [0.15, 0.2) is 33.7 Å². The Bertz CT molecular complexity index is 571. The van der Waals surface area contributed by atoms with Gasteiger partial charge >= 0.3 is 0 Å². The largest absolute Gasteiger partial charge is 0.480 e. The van der Waals surface area contributed by atoms with Crippen molar-refractivity contribution in [3.63, 3.8) is 0 Å². The summed E-state index contributed by atoms with van der Waals surface area (Å²) in [6, 6.07) is 7.98. The van der Waals surface area contributed by atoms with Crippen molar-refractivity contribution in [2.45, 2.75) is 30.4 Å². The van der Waals surface area contributed by atoms with E-state index in [4.69, 9.17) is 15.0 Å². The van der Waals surface area contributed by atoms with Crippen LogP contribution in [0.4, 0.5) is 0 Å². The molecule has 3 rings (SSSR count). The molecule has 0 radical (unpaired) electrons. The zero-order valence-corrected chi connectivity index (χ0v) is 11.4. The Balaban J connectivity index is 1.76. The van der Waals surface area contributed by atoms with Crippen molar-refractivity contribution < 1.29 is 9.26 Å². The van der Waals surface area contributed by atoms with E-state index in [0.717, 1.165) is 16.4 Å². The van der Waals surface area contributed by atoms with Crippen LogP contribution in [0.5, 0.6) is 5.75 Å². The van der Waals surface area contributed by atoms with Gasteiger partial charge in [0.2, 0.25) is 11.7 Å². The Hall–Kier alpha value is -1.53. The van der Waals surface area contributed by atoms with E-state index in [1.165, 1.54) is 0 Å². The summed E-state index contributed by atoms with van der Waals surface area (Å²) in [7, 11) is 0. The van der Waals surface area contributed by atoms with Crippen LogP contribution in [-0.4, -0.2) is 21.9 Å². The third-order valence-corrected chi connectivity index (χ3v) is 3.89. The van der Waals surface area contributed by atoms with E-state index in [-0.39, 0.29) is 12.1 Å². The number of para-hydroxylation sites is 1. The smallest absolute Gasteiger partial charge is 0.228 e. The monoisotopic (exact) mass is 277 g/mol. The van der Waals surface area contributed by atoms with Gasteiger partial charge in [-0.05, 0) is 19.1 Å². The highest BCUT2D eigenvalue weighted by Gasteiger charge is 2.26. The molecule has 19 heavy (non-hydrogen) atoms. The molecule has 0 aliphatic carbocycles. The number of nitrogens with zero attached hydrogens (tertiary/aromatic N) is 2. The molecule has 0 amide bonds. The lowest BCUT2D eigenvalue weighted by Crippen LogP contribution is -2.18. The van der Waals surface area contributed by atoms with Gasteiger partial charge < -0.3 is 15.0 Å². The van der Waals surface area contributed by atoms with Crippen molar-refractivity contribution in [2.24, 2.45) is 5.73 Å². The van der Waals surface area contributed by atoms with E-state index in [1.54, 1.807) is 11.8 Å². The quantitative estimate of drug-likeness (QED) is 0.927. The summed E-state index contributed by atoms with van der Waals surface area (Å²) in [5.74, 6) is 2.83. The summed E-state index contributed by atoms with van der Waals surface area (Å²) < 4.78 is 11.1. The Labute approximate surface area is 115 Å². The molecule has 0 spiro atoms. The first-order valence-electron chi connectivity index (χ1n) is 6.19. The van der Waals surface area contributed by atoms with Gasteiger partial charge in [-0.2, -0.15) is 4.98 Å². The molecule has 0 bridgehead atoms. The minimum atomic E-state index is -0.162. The molecule has 1 aliphatic rings. The van der Waals surface area contributed by atoms with Crippen LogP contribution in [0.2, 0.25) is 0 Å². The van der Waals surface area contributed by atoms with Gasteiger partial charge in [0.25, 0.3) is 0 Å². The standard InChI is InChI=1S/C13H15N3O2S/c1-8(14)6-12-15-13(16-18-12)10-7-19-11-5-3-2-4-9(11)17-10/h2-5,8,10H,6-7,14H2,1H3. The van der Waals surface area contributed by atoms with E-state index < -0.39 is 0 Å². The third-order valence-electron chi connectivity index (χ3n) is 2.78. The molecule has 2 N–H and O–H groups in total. The van der Waals surface area contributed by atoms with Crippen LogP contribution in [0.25, 0.3) is 0 Å². The number of fused-ring (bicyclic) bond motifs is 1. The molecule has 1 aromatic heterocycles. The third kappa shape index (κ3) is 2.74. The highest BCUT2D eigenvalue weighted by atomic mass is 32.2. The van der Waals surface area contributed by atoms with Crippen LogP contribution in [0, 0.1) is 0 Å². The average Bonchev–Trinajstić information content (AvgIpc) is 2.86. The van der Waals surface area contributed by atoms with Crippen LogP contribution in [0.1, 0.15) is 24.7 Å². The first kappa shape index (κ1) is 12.5. The predicted octanol–water partition coefficient (Wildman–Crippen LogP) is 2.19. The molecule has 0 saturated heterocycles. The molecular formula is C13H15N3O2S. The second-order valence-electron chi connectivity index (χ2n) is 4.59. The van der Waals surface area contributed by atoms with Crippen molar-refractivity contribution in [1.29, 1.82) is 0 Å². The maximum Gasteiger partial charge on any atom is 0.228 e. The first-order valence-corrected chi connectivity index (χ1v) is 7.17. The van der Waals surface area contributed by atoms with Crippen LogP contribution in [0.3, 0.4) is 0 Å². The van der Waals surface area contributed by atoms with Gasteiger partial charge in [-0.25, -0.2) is 0 Å². The lowest BCUT2D eigenvalue weighted by molar-refractivity contribution is 0.205. The lowest BCUT2D eigenvalue weighted by atomic mass is 10.2. The Morgan fingerprint density at radius 3 is 3.16 bits per heavy atom. The highest BCUT2D eigenvalue weighted by molar-refractivity contribution is 7.99. The molecular weight excluding hydrogens is 262 g/mol. The van der Waals surface area contributed by atoms with Crippen molar-refractivity contribution in [1.82, 2.24) is 10.1 Å². The zero-order chi connectivity index (χ0) is 13.2. The molecule has 2 unspecified atom stereocenters. The predicted molar refractivity (Wildman–Crippen MR) is 72.2 cm³/mol. The van der Waals surface area contributed by atoms with Gasteiger partial charge in [-0.1, -0.05) is 17.3 Å². The average molecular weight is 277 g/mol. The van der Waals surface area contributed by atoms with Gasteiger partial charge in [-0.15, -0.1) is 11.8 Å². The van der Waals surface area contributed by atoms with E-state index in [1.807, 2.05) is 31.2 Å². The minimum Gasteiger partial charge on any atom is -0.480 e. The minimum absolute atomic E-state index is 0.00988. The number of nitrogens with two attached hydrogens (primary N) is 1. The molecule has 5 nitrogen and oxygen atoms in total. The molecule has 0 saturated carbocycles. The van der Waals surface area contributed by atoms with Crippen molar-refractivity contribution in [2.75, 3.05) is 5.75 Å². The summed E-state index contributed by atoms with van der Waals surface area (Å²) >= 11 is 1.74. The number of thioether (sulfide) groups is 1. The summed E-state index contributed by atoms with van der Waals surface area (Å²) in [6.07, 6.45) is 0.425. The fourth-order valence-electron chi connectivity index (χ4n) is 1.90. The van der Waals surface area contributed by atoms with Gasteiger partial charge in [0.05, 0.1) is 0 Å². The second-order valence-corrected chi connectivity index (χ2v) is 5.65. The number of hydrogen-bond acceptors (Lipinski definition) is 6. The van der Waals surface area contributed by atoms with Gasteiger partial charge in [-0.3, -0.25) is 0 Å². The number of hydrogen-bond donors (Lipinski definition) is 1. The van der Waals surface area contributed by atoms with E-state index in [0.29, 0.717) is 18.1 Å². The fourth-order valence-corrected chi connectivity index (χ4v) is 2.89. The molecule has 2 aromatic rings. The molecule has 1 aromatic carbocycles. The number of aromatic nitrogens is 2. The molecule has 0 fully saturated rings. The Morgan fingerprint density at radius 1 is 1.47 bits per heavy atom. The van der Waals surface area contributed by atoms with E-state index >= 15 is 0 Å². The summed E-state index contributed by atoms with van der Waals surface area (Å²) in [5.41, 5.74) is 5.71. The summed E-state index contributed by atoms with van der Waals surface area (Å²) in [6.45, 7) is 1.91. The van der Waals surface area contributed by atoms with Crippen molar-refractivity contribution in [3.05, 3.63) is 36.0 Å². The van der Waals surface area contributed by atoms with Gasteiger partial charge in [0.1, 0.15) is 5.75 Å². The summed E-state index contributed by atoms with van der Waals surface area (Å²) in [5, 5.41) is 3.99. The molecule has 1 aliphatic heterocycles. The van der Waals surface area contributed by atoms with Gasteiger partial charge in [0.15, 0.2) is 6.10 Å². The number of benzene rings is 1. The van der Waals surface area contributed by atoms with Crippen molar-refractivity contribution >= 4 is 11.8 Å². The van der Waals surface area contributed by atoms with E-state index in [9.17, 15) is 0 Å². The topological polar surface area (TPSA) is 74.2 Å². The maximum absolute atomic E-state index is 5.90. The molecule has 6 heteroatoms. The van der Waals surface area contributed by atoms with Crippen LogP contribution in [-0.2, 0) is 6.42 Å². The Morgan fingerprint density at radius 2 is 2.32 bits per heavy atom. The molecule has 100 valence electrons. The molecule has 2 atom stereocenters. The molecule has 2 heterocycles. The summed E-state index contributed by atoms with van der Waals surface area (Å²) in [4.78, 5) is 5.50. The fraction of sp³-hybridized carbons (Fsp3) is 0.385. The zero-order valence-electron chi connectivity index (χ0n) is 10.6. The normalized spacial score (nSPS) is 19.6. The Kier molecular flexibility index (Phi) is 3.44. The van der Waals surface area contributed by atoms with E-state index in [2.05, 4.69) is 10.1 Å². The second kappa shape index (κ2) is 5.22. The van der Waals surface area contributed by atoms with Crippen LogP contribution < -0.4 is 10.5 Å². The SMILES string of the molecule is CC(N)Cc1nc(C2CSc3ccccc3O2)no1. The van der Waals surface area contributed by atoms with Crippen LogP contribution >= 0.6 is 11.8 Å². The number of ether oxygens (including phenoxy) is 1. The first-order chi connectivity index (χ1) is 9.22. The van der Waals surface area contributed by atoms with Crippen molar-refractivity contribution in [3.8, 4) is 5.75 Å².